The summed E-state index contributed by atoms with van der Waals surface area (Å²) in [5.41, 5.74) is 1.29. The maximum Gasteiger partial charge on any atom is 0.0644 e. The van der Waals surface area contributed by atoms with Gasteiger partial charge in [0.1, 0.15) is 0 Å². The first-order valence-corrected chi connectivity index (χ1v) is 5.36. The topological polar surface area (TPSA) is 32.7 Å². The average molecular weight is 244 g/mol. The van der Waals surface area contributed by atoms with Gasteiger partial charge < -0.3 is 9.84 Å². The summed E-state index contributed by atoms with van der Waals surface area (Å²) in [4.78, 5) is 2.28. The standard InChI is InChI=1S/C12H17NO2.ClH/c14-9-12-10-15-7-6-13(12)8-11-4-2-1-3-5-11;/h1-5,12,14H,6-10H2;1H/t12-;/m0./s1. The molecule has 0 unspecified atom stereocenters. The fourth-order valence-corrected chi connectivity index (χ4v) is 1.88. The van der Waals surface area contributed by atoms with Gasteiger partial charge in [0.05, 0.1) is 25.9 Å². The van der Waals surface area contributed by atoms with Crippen LogP contribution in [-0.4, -0.2) is 42.4 Å². The smallest absolute Gasteiger partial charge is 0.0644 e. The lowest BCUT2D eigenvalue weighted by molar-refractivity contribution is -0.0312. The van der Waals surface area contributed by atoms with Crippen LogP contribution in [0, 0.1) is 0 Å². The van der Waals surface area contributed by atoms with Crippen molar-refractivity contribution in [2.24, 2.45) is 0 Å². The van der Waals surface area contributed by atoms with Crippen molar-refractivity contribution in [2.75, 3.05) is 26.4 Å². The molecule has 0 radical (unpaired) electrons. The second kappa shape index (κ2) is 6.86. The summed E-state index contributed by atoms with van der Waals surface area (Å²) in [6, 6.07) is 10.5. The van der Waals surface area contributed by atoms with Gasteiger partial charge in [-0.3, -0.25) is 4.90 Å². The van der Waals surface area contributed by atoms with Crippen LogP contribution in [0.3, 0.4) is 0 Å². The fraction of sp³-hybridized carbons (Fsp3) is 0.500. The Morgan fingerprint density at radius 2 is 2.06 bits per heavy atom. The molecule has 16 heavy (non-hydrogen) atoms. The van der Waals surface area contributed by atoms with Crippen LogP contribution in [0.1, 0.15) is 5.56 Å². The Labute approximate surface area is 102 Å². The number of ether oxygens (including phenoxy) is 1. The molecular formula is C12H18ClNO2. The van der Waals surface area contributed by atoms with Gasteiger partial charge in [-0.1, -0.05) is 30.3 Å². The molecule has 0 aromatic heterocycles. The summed E-state index contributed by atoms with van der Waals surface area (Å²) < 4.78 is 5.34. The third kappa shape index (κ3) is 3.46. The summed E-state index contributed by atoms with van der Waals surface area (Å²) in [6.07, 6.45) is 0. The van der Waals surface area contributed by atoms with E-state index in [-0.39, 0.29) is 25.1 Å². The number of hydrogen-bond acceptors (Lipinski definition) is 3. The van der Waals surface area contributed by atoms with Crippen molar-refractivity contribution in [2.45, 2.75) is 12.6 Å². The van der Waals surface area contributed by atoms with Crippen molar-refractivity contribution >= 4 is 12.4 Å². The quantitative estimate of drug-likeness (QED) is 0.869. The molecule has 2 rings (SSSR count). The summed E-state index contributed by atoms with van der Waals surface area (Å²) in [7, 11) is 0. The first-order valence-electron chi connectivity index (χ1n) is 5.36. The average Bonchev–Trinajstić information content (AvgIpc) is 2.31. The predicted octanol–water partition coefficient (Wildman–Crippen LogP) is 1.30. The second-order valence-corrected chi connectivity index (χ2v) is 3.87. The molecule has 1 N–H and O–H groups in total. The van der Waals surface area contributed by atoms with Crippen LogP contribution in [0.2, 0.25) is 0 Å². The highest BCUT2D eigenvalue weighted by Gasteiger charge is 2.21. The normalized spacial score (nSPS) is 21.4. The number of aliphatic hydroxyl groups is 1. The van der Waals surface area contributed by atoms with Crippen LogP contribution in [0.25, 0.3) is 0 Å². The molecule has 0 saturated carbocycles. The number of hydrogen-bond donors (Lipinski definition) is 1. The van der Waals surface area contributed by atoms with Crippen LogP contribution in [-0.2, 0) is 11.3 Å². The van der Waals surface area contributed by atoms with Gasteiger partial charge in [0, 0.05) is 13.1 Å². The second-order valence-electron chi connectivity index (χ2n) is 3.87. The van der Waals surface area contributed by atoms with E-state index in [0.717, 1.165) is 19.7 Å². The lowest BCUT2D eigenvalue weighted by Crippen LogP contribution is -2.46. The molecule has 0 spiro atoms. The van der Waals surface area contributed by atoms with E-state index in [9.17, 15) is 5.11 Å². The Morgan fingerprint density at radius 3 is 2.75 bits per heavy atom. The van der Waals surface area contributed by atoms with Crippen molar-refractivity contribution < 1.29 is 9.84 Å². The minimum atomic E-state index is 0. The lowest BCUT2D eigenvalue weighted by Gasteiger charge is -2.34. The van der Waals surface area contributed by atoms with Gasteiger partial charge >= 0.3 is 0 Å². The number of nitrogens with zero attached hydrogens (tertiary/aromatic N) is 1. The number of benzene rings is 1. The summed E-state index contributed by atoms with van der Waals surface area (Å²) in [5, 5.41) is 9.22. The van der Waals surface area contributed by atoms with E-state index in [1.54, 1.807) is 0 Å². The van der Waals surface area contributed by atoms with E-state index >= 15 is 0 Å². The van der Waals surface area contributed by atoms with Crippen LogP contribution >= 0.6 is 12.4 Å². The van der Waals surface area contributed by atoms with Crippen LogP contribution < -0.4 is 0 Å². The van der Waals surface area contributed by atoms with Gasteiger partial charge in [-0.05, 0) is 5.56 Å². The molecule has 1 heterocycles. The number of halogens is 1. The van der Waals surface area contributed by atoms with E-state index in [4.69, 9.17) is 4.74 Å². The molecule has 1 aromatic carbocycles. The fourth-order valence-electron chi connectivity index (χ4n) is 1.88. The van der Waals surface area contributed by atoms with Crippen molar-refractivity contribution in [1.82, 2.24) is 4.90 Å². The highest BCUT2D eigenvalue weighted by Crippen LogP contribution is 2.11. The Morgan fingerprint density at radius 1 is 1.31 bits per heavy atom. The maximum absolute atomic E-state index is 9.22. The molecule has 1 aliphatic heterocycles. The zero-order valence-electron chi connectivity index (χ0n) is 9.21. The molecule has 3 nitrogen and oxygen atoms in total. The number of morpholine rings is 1. The zero-order chi connectivity index (χ0) is 10.5. The van der Waals surface area contributed by atoms with E-state index < -0.39 is 0 Å². The Hall–Kier alpha value is -0.610. The van der Waals surface area contributed by atoms with E-state index in [1.807, 2.05) is 18.2 Å². The SMILES string of the molecule is Cl.OC[C@H]1COCCN1Cc1ccccc1. The Bertz CT molecular complexity index is 294. The minimum absolute atomic E-state index is 0. The molecule has 4 heteroatoms. The molecule has 1 aliphatic rings. The van der Waals surface area contributed by atoms with Crippen molar-refractivity contribution in [3.05, 3.63) is 35.9 Å². The van der Waals surface area contributed by atoms with Crippen molar-refractivity contribution in [3.8, 4) is 0 Å². The summed E-state index contributed by atoms with van der Waals surface area (Å²) in [6.45, 7) is 3.38. The molecular weight excluding hydrogens is 226 g/mol. The third-order valence-electron chi connectivity index (χ3n) is 2.79. The molecule has 90 valence electrons. The molecule has 0 bridgehead atoms. The van der Waals surface area contributed by atoms with Gasteiger partial charge in [-0.25, -0.2) is 0 Å². The Balaban J connectivity index is 0.00000128. The molecule has 1 atom stereocenters. The minimum Gasteiger partial charge on any atom is -0.395 e. The third-order valence-corrected chi connectivity index (χ3v) is 2.79. The van der Waals surface area contributed by atoms with E-state index in [2.05, 4.69) is 17.0 Å². The van der Waals surface area contributed by atoms with E-state index in [1.165, 1.54) is 5.56 Å². The van der Waals surface area contributed by atoms with Gasteiger partial charge in [-0.15, -0.1) is 12.4 Å². The highest BCUT2D eigenvalue weighted by molar-refractivity contribution is 5.85. The molecule has 1 aromatic rings. The first-order chi connectivity index (χ1) is 7.40. The highest BCUT2D eigenvalue weighted by atomic mass is 35.5. The van der Waals surface area contributed by atoms with Crippen LogP contribution in [0.4, 0.5) is 0 Å². The van der Waals surface area contributed by atoms with Crippen molar-refractivity contribution in [3.63, 3.8) is 0 Å². The molecule has 1 saturated heterocycles. The monoisotopic (exact) mass is 243 g/mol. The maximum atomic E-state index is 9.22. The van der Waals surface area contributed by atoms with Gasteiger partial charge in [0.15, 0.2) is 0 Å². The lowest BCUT2D eigenvalue weighted by atomic mass is 10.1. The van der Waals surface area contributed by atoms with Crippen LogP contribution in [0.15, 0.2) is 30.3 Å². The van der Waals surface area contributed by atoms with Gasteiger partial charge in [0.2, 0.25) is 0 Å². The largest absolute Gasteiger partial charge is 0.395 e. The van der Waals surface area contributed by atoms with E-state index in [0.29, 0.717) is 6.61 Å². The van der Waals surface area contributed by atoms with Crippen molar-refractivity contribution in [1.29, 1.82) is 0 Å². The number of aliphatic hydroxyl groups excluding tert-OH is 1. The predicted molar refractivity (Wildman–Crippen MR) is 65.8 cm³/mol. The molecule has 0 aliphatic carbocycles. The first kappa shape index (κ1) is 13.5. The Kier molecular flexibility index (Phi) is 5.77. The molecule has 0 amide bonds. The summed E-state index contributed by atoms with van der Waals surface area (Å²) in [5.74, 6) is 0. The summed E-state index contributed by atoms with van der Waals surface area (Å²) >= 11 is 0. The van der Waals surface area contributed by atoms with Crippen LogP contribution in [0.5, 0.6) is 0 Å². The zero-order valence-corrected chi connectivity index (χ0v) is 10.0. The number of rotatable bonds is 3. The molecule has 1 fully saturated rings. The van der Waals surface area contributed by atoms with Gasteiger partial charge in [0.25, 0.3) is 0 Å². The van der Waals surface area contributed by atoms with Gasteiger partial charge in [-0.2, -0.15) is 0 Å².